The molecule has 0 amide bonds. The molecule has 68 valence electrons. The molecule has 0 bridgehead atoms. The van der Waals surface area contributed by atoms with Gasteiger partial charge in [0, 0.05) is 5.56 Å². The first-order chi connectivity index (χ1) is 6.25. The van der Waals surface area contributed by atoms with E-state index >= 15 is 0 Å². The van der Waals surface area contributed by atoms with Crippen LogP contribution in [0.15, 0.2) is 18.2 Å². The van der Waals surface area contributed by atoms with Gasteiger partial charge in [-0.2, -0.15) is 4.89 Å². The number of rotatable bonds is 2. The van der Waals surface area contributed by atoms with Gasteiger partial charge in [-0.1, -0.05) is 12.1 Å². The lowest BCUT2D eigenvalue weighted by Crippen LogP contribution is -1.99. The summed E-state index contributed by atoms with van der Waals surface area (Å²) in [6.07, 6.45) is 0.0106. The quantitative estimate of drug-likeness (QED) is 0.693. The van der Waals surface area contributed by atoms with Gasteiger partial charge in [-0.05, 0) is 11.6 Å². The van der Waals surface area contributed by atoms with E-state index in [4.69, 9.17) is 14.9 Å². The Kier molecular flexibility index (Phi) is 1.90. The molecule has 0 radical (unpaired) electrons. The van der Waals surface area contributed by atoms with Gasteiger partial charge in [-0.25, -0.2) is 0 Å². The summed E-state index contributed by atoms with van der Waals surface area (Å²) in [5.74, 6) is -0.224. The molecular weight excluding hydrogens is 172 g/mol. The minimum atomic E-state index is -0.848. The van der Waals surface area contributed by atoms with Crippen molar-refractivity contribution < 1.29 is 19.7 Å². The van der Waals surface area contributed by atoms with E-state index in [9.17, 15) is 4.79 Å². The Morgan fingerprint density at radius 3 is 3.15 bits per heavy atom. The molecule has 0 atom stereocenters. The summed E-state index contributed by atoms with van der Waals surface area (Å²) < 4.78 is 0. The Morgan fingerprint density at radius 1 is 1.54 bits per heavy atom. The summed E-state index contributed by atoms with van der Waals surface area (Å²) in [4.78, 5) is 20.0. The van der Waals surface area contributed by atoms with Crippen molar-refractivity contribution in [3.8, 4) is 5.75 Å². The highest BCUT2D eigenvalue weighted by molar-refractivity contribution is 5.70. The zero-order valence-corrected chi connectivity index (χ0v) is 6.82. The van der Waals surface area contributed by atoms with E-state index < -0.39 is 5.97 Å². The van der Waals surface area contributed by atoms with Crippen LogP contribution in [0.1, 0.15) is 11.1 Å². The molecule has 4 heteroatoms. The van der Waals surface area contributed by atoms with Gasteiger partial charge in [-0.3, -0.25) is 4.79 Å². The number of carboxylic acid groups (broad SMARTS) is 1. The Balaban J connectivity index is 2.25. The maximum Gasteiger partial charge on any atom is 0.307 e. The normalized spacial score (nSPS) is 13.5. The van der Waals surface area contributed by atoms with E-state index in [1.54, 1.807) is 12.1 Å². The molecule has 0 unspecified atom stereocenters. The number of hydrogen-bond acceptors (Lipinski definition) is 3. The van der Waals surface area contributed by atoms with Crippen molar-refractivity contribution in [2.24, 2.45) is 0 Å². The van der Waals surface area contributed by atoms with Crippen LogP contribution in [0.4, 0.5) is 0 Å². The SMILES string of the molecule is O=C(O)Cc1ccc2c(c1)OOC2. The summed E-state index contributed by atoms with van der Waals surface area (Å²) in [5.41, 5.74) is 1.67. The van der Waals surface area contributed by atoms with E-state index in [1.807, 2.05) is 6.07 Å². The lowest BCUT2D eigenvalue weighted by molar-refractivity contribution is -0.194. The van der Waals surface area contributed by atoms with Crippen LogP contribution >= 0.6 is 0 Å². The first-order valence-electron chi connectivity index (χ1n) is 3.89. The minimum absolute atomic E-state index is 0.0106. The topological polar surface area (TPSA) is 55.8 Å². The van der Waals surface area contributed by atoms with Crippen LogP contribution in [-0.4, -0.2) is 11.1 Å². The van der Waals surface area contributed by atoms with Crippen molar-refractivity contribution in [2.45, 2.75) is 13.0 Å². The second kappa shape index (κ2) is 3.06. The van der Waals surface area contributed by atoms with E-state index in [1.165, 1.54) is 0 Å². The van der Waals surface area contributed by atoms with Crippen molar-refractivity contribution in [3.63, 3.8) is 0 Å². The van der Waals surface area contributed by atoms with Crippen molar-refractivity contribution in [3.05, 3.63) is 29.3 Å². The first kappa shape index (κ1) is 8.07. The molecule has 0 saturated carbocycles. The van der Waals surface area contributed by atoms with Crippen molar-refractivity contribution in [1.29, 1.82) is 0 Å². The smallest absolute Gasteiger partial charge is 0.307 e. The lowest BCUT2D eigenvalue weighted by Gasteiger charge is -1.98. The van der Waals surface area contributed by atoms with Gasteiger partial charge in [0.1, 0.15) is 6.61 Å². The fourth-order valence-electron chi connectivity index (χ4n) is 1.24. The maximum absolute atomic E-state index is 10.4. The predicted octanol–water partition coefficient (Wildman–Crippen LogP) is 1.14. The zero-order valence-electron chi connectivity index (χ0n) is 6.82. The highest BCUT2D eigenvalue weighted by atomic mass is 17.2. The molecule has 1 aliphatic rings. The fourth-order valence-corrected chi connectivity index (χ4v) is 1.24. The Morgan fingerprint density at radius 2 is 2.38 bits per heavy atom. The molecule has 1 N–H and O–H groups in total. The minimum Gasteiger partial charge on any atom is -0.481 e. The van der Waals surface area contributed by atoms with Gasteiger partial charge in [0.05, 0.1) is 6.42 Å². The number of fused-ring (bicyclic) bond motifs is 1. The van der Waals surface area contributed by atoms with Crippen LogP contribution in [0.5, 0.6) is 5.75 Å². The zero-order chi connectivity index (χ0) is 9.26. The Bertz CT molecular complexity index is 345. The van der Waals surface area contributed by atoms with Gasteiger partial charge in [0.25, 0.3) is 0 Å². The van der Waals surface area contributed by atoms with Crippen LogP contribution in [-0.2, 0) is 22.7 Å². The summed E-state index contributed by atoms with van der Waals surface area (Å²) >= 11 is 0. The molecule has 1 aromatic rings. The van der Waals surface area contributed by atoms with E-state index in [2.05, 4.69) is 0 Å². The predicted molar refractivity (Wildman–Crippen MR) is 43.2 cm³/mol. The van der Waals surface area contributed by atoms with E-state index in [0.29, 0.717) is 12.4 Å². The number of carboxylic acids is 1. The molecule has 0 spiro atoms. The van der Waals surface area contributed by atoms with E-state index in [-0.39, 0.29) is 6.42 Å². The molecule has 4 nitrogen and oxygen atoms in total. The number of aliphatic carboxylic acids is 1. The standard InChI is InChI=1S/C9H8O4/c10-9(11)4-6-1-2-7-5-12-13-8(7)3-6/h1-3H,4-5H2,(H,10,11). The third-order valence-electron chi connectivity index (χ3n) is 1.85. The van der Waals surface area contributed by atoms with Crippen LogP contribution in [0.2, 0.25) is 0 Å². The highest BCUT2D eigenvalue weighted by Crippen LogP contribution is 2.26. The molecule has 1 aliphatic heterocycles. The summed E-state index contributed by atoms with van der Waals surface area (Å²) in [6, 6.07) is 5.28. The van der Waals surface area contributed by atoms with E-state index in [0.717, 1.165) is 11.1 Å². The van der Waals surface area contributed by atoms with Crippen LogP contribution in [0.3, 0.4) is 0 Å². The van der Waals surface area contributed by atoms with Gasteiger partial charge in [-0.15, -0.1) is 0 Å². The summed E-state index contributed by atoms with van der Waals surface area (Å²) in [6.45, 7) is 0.433. The van der Waals surface area contributed by atoms with Gasteiger partial charge < -0.3 is 9.99 Å². The molecule has 1 heterocycles. The van der Waals surface area contributed by atoms with Gasteiger partial charge in [0.2, 0.25) is 0 Å². The average molecular weight is 180 g/mol. The molecule has 0 saturated heterocycles. The molecular formula is C9H8O4. The van der Waals surface area contributed by atoms with Crippen molar-refractivity contribution in [2.75, 3.05) is 0 Å². The molecule has 0 aromatic heterocycles. The third kappa shape index (κ3) is 1.62. The van der Waals surface area contributed by atoms with Crippen molar-refractivity contribution >= 4 is 5.97 Å². The van der Waals surface area contributed by atoms with Crippen LogP contribution < -0.4 is 4.89 Å². The van der Waals surface area contributed by atoms with Gasteiger partial charge in [0.15, 0.2) is 5.75 Å². The lowest BCUT2D eigenvalue weighted by atomic mass is 10.1. The number of hydrogen-bond donors (Lipinski definition) is 1. The Labute approximate surface area is 74.6 Å². The number of benzene rings is 1. The first-order valence-corrected chi connectivity index (χ1v) is 3.89. The second-order valence-electron chi connectivity index (χ2n) is 2.86. The molecule has 0 aliphatic carbocycles. The molecule has 1 aromatic carbocycles. The largest absolute Gasteiger partial charge is 0.481 e. The monoisotopic (exact) mass is 180 g/mol. The van der Waals surface area contributed by atoms with Gasteiger partial charge >= 0.3 is 5.97 Å². The van der Waals surface area contributed by atoms with Crippen LogP contribution in [0.25, 0.3) is 0 Å². The number of carbonyl (C=O) groups is 1. The fraction of sp³-hybridized carbons (Fsp3) is 0.222. The maximum atomic E-state index is 10.4. The molecule has 2 rings (SSSR count). The molecule has 0 fully saturated rings. The van der Waals surface area contributed by atoms with Crippen LogP contribution in [0, 0.1) is 0 Å². The summed E-state index contributed by atoms with van der Waals surface area (Å²) in [7, 11) is 0. The summed E-state index contributed by atoms with van der Waals surface area (Å²) in [5, 5.41) is 8.54. The second-order valence-corrected chi connectivity index (χ2v) is 2.86. The highest BCUT2D eigenvalue weighted by Gasteiger charge is 2.14. The third-order valence-corrected chi connectivity index (χ3v) is 1.85. The average Bonchev–Trinajstić information content (AvgIpc) is 2.49. The van der Waals surface area contributed by atoms with Crippen molar-refractivity contribution in [1.82, 2.24) is 0 Å². The Hall–Kier alpha value is -1.55. The molecule has 13 heavy (non-hydrogen) atoms.